The molecule has 0 aliphatic carbocycles. The molecule has 0 unspecified atom stereocenters. The highest BCUT2D eigenvalue weighted by Gasteiger charge is 2.17. The van der Waals surface area contributed by atoms with E-state index in [1.54, 1.807) is 0 Å². The Morgan fingerprint density at radius 2 is 1.29 bits per heavy atom. The van der Waals surface area contributed by atoms with Gasteiger partial charge in [0.15, 0.2) is 0 Å². The first-order valence-electron chi connectivity index (χ1n) is 9.31. The minimum absolute atomic E-state index is 1.08. The van der Waals surface area contributed by atoms with E-state index in [4.69, 9.17) is 4.98 Å². The summed E-state index contributed by atoms with van der Waals surface area (Å²) in [5.41, 5.74) is 1.08. The number of fused-ring (bicyclic) bond motifs is 11. The highest BCUT2D eigenvalue weighted by atomic mass is 32.1. The molecule has 3 heteroatoms. The van der Waals surface area contributed by atoms with Crippen LogP contribution in [0.3, 0.4) is 0 Å². The van der Waals surface area contributed by atoms with Crippen molar-refractivity contribution in [3.63, 3.8) is 0 Å². The lowest BCUT2D eigenvalue weighted by molar-refractivity contribution is 1.46. The molecular weight excluding hydrogens is 378 g/mol. The first-order valence-corrected chi connectivity index (χ1v) is 10.9. The van der Waals surface area contributed by atoms with Gasteiger partial charge in [-0.1, -0.05) is 60.7 Å². The molecule has 0 radical (unpaired) electrons. The Morgan fingerprint density at radius 1 is 0.536 bits per heavy atom. The van der Waals surface area contributed by atoms with Crippen LogP contribution >= 0.6 is 22.7 Å². The summed E-state index contributed by atoms with van der Waals surface area (Å²) < 4.78 is 5.43. The van der Waals surface area contributed by atoms with Crippen molar-refractivity contribution in [2.75, 3.05) is 0 Å². The van der Waals surface area contributed by atoms with E-state index in [-0.39, 0.29) is 0 Å². The highest BCUT2D eigenvalue weighted by Crippen LogP contribution is 2.47. The molecule has 0 aliphatic heterocycles. The van der Waals surface area contributed by atoms with Gasteiger partial charge in [-0.25, -0.2) is 0 Å². The molecule has 28 heavy (non-hydrogen) atoms. The van der Waals surface area contributed by atoms with Crippen LogP contribution in [0.1, 0.15) is 0 Å². The smallest absolute Gasteiger partial charge is 0.0716 e. The number of benzene rings is 4. The average molecular weight is 392 g/mol. The van der Waals surface area contributed by atoms with Crippen LogP contribution in [0.4, 0.5) is 0 Å². The van der Waals surface area contributed by atoms with Gasteiger partial charge < -0.3 is 0 Å². The molecule has 3 heterocycles. The second-order valence-electron chi connectivity index (χ2n) is 7.20. The van der Waals surface area contributed by atoms with Crippen LogP contribution in [0.25, 0.3) is 62.0 Å². The lowest BCUT2D eigenvalue weighted by Gasteiger charge is -2.09. The molecule has 3 aromatic heterocycles. The molecule has 0 amide bonds. The fourth-order valence-electron chi connectivity index (χ4n) is 4.46. The molecule has 0 bridgehead atoms. The van der Waals surface area contributed by atoms with E-state index < -0.39 is 0 Å². The zero-order valence-electron chi connectivity index (χ0n) is 14.8. The molecule has 0 saturated heterocycles. The fraction of sp³-hybridized carbons (Fsp3) is 0. The Hall–Kier alpha value is -3.01. The van der Waals surface area contributed by atoms with E-state index in [0.717, 1.165) is 5.52 Å². The van der Waals surface area contributed by atoms with Crippen molar-refractivity contribution in [3.8, 4) is 0 Å². The van der Waals surface area contributed by atoms with Crippen molar-refractivity contribution >= 4 is 84.7 Å². The molecule has 7 rings (SSSR count). The standard InChI is InChI=1S/C25H13NS2/c1-2-6-16-14(5-1)9-10-15-11-12-18-22(21(15)16)23-20(13-26-18)28-24-17-7-3-4-8-19(17)27-25(23)24/h1-13H. The molecule has 7 aromatic rings. The van der Waals surface area contributed by atoms with Gasteiger partial charge in [0.1, 0.15) is 0 Å². The molecule has 1 nitrogen and oxygen atoms in total. The predicted molar refractivity (Wildman–Crippen MR) is 125 cm³/mol. The minimum atomic E-state index is 1.08. The van der Waals surface area contributed by atoms with E-state index in [0.29, 0.717) is 0 Å². The van der Waals surface area contributed by atoms with Gasteiger partial charge in [-0.05, 0) is 33.7 Å². The quantitative estimate of drug-likeness (QED) is 0.238. The third-order valence-electron chi connectivity index (χ3n) is 5.69. The molecular formula is C25H13NS2. The average Bonchev–Trinajstić information content (AvgIpc) is 3.29. The molecule has 0 saturated carbocycles. The van der Waals surface area contributed by atoms with Crippen molar-refractivity contribution < 1.29 is 0 Å². The Bertz CT molecular complexity index is 1710. The molecule has 0 spiro atoms. The van der Waals surface area contributed by atoms with Gasteiger partial charge >= 0.3 is 0 Å². The molecule has 4 aromatic carbocycles. The fourth-order valence-corrected chi connectivity index (χ4v) is 7.12. The summed E-state index contributed by atoms with van der Waals surface area (Å²) in [7, 11) is 0. The third kappa shape index (κ3) is 1.83. The van der Waals surface area contributed by atoms with Crippen LogP contribution in [0.2, 0.25) is 0 Å². The number of hydrogen-bond donors (Lipinski definition) is 0. The molecule has 0 atom stereocenters. The SMILES string of the molecule is c1ccc2c(c1)ccc1ccc3ncc4sc5c6ccccc6sc5c4c3c12. The molecule has 0 fully saturated rings. The number of nitrogens with zero attached hydrogens (tertiary/aromatic N) is 1. The van der Waals surface area contributed by atoms with Gasteiger partial charge in [0.05, 0.1) is 19.6 Å². The molecule has 0 N–H and O–H groups in total. The zero-order valence-corrected chi connectivity index (χ0v) is 16.4. The van der Waals surface area contributed by atoms with Crippen molar-refractivity contribution in [3.05, 3.63) is 79.0 Å². The summed E-state index contributed by atoms with van der Waals surface area (Å²) in [6.45, 7) is 0. The predicted octanol–water partition coefficient (Wildman–Crippen LogP) is 8.12. The van der Waals surface area contributed by atoms with E-state index in [9.17, 15) is 0 Å². The maximum Gasteiger partial charge on any atom is 0.0716 e. The highest BCUT2D eigenvalue weighted by molar-refractivity contribution is 7.36. The second kappa shape index (κ2) is 5.28. The zero-order chi connectivity index (χ0) is 18.2. The first-order chi connectivity index (χ1) is 13.9. The lowest BCUT2D eigenvalue weighted by atomic mass is 9.97. The van der Waals surface area contributed by atoms with Gasteiger partial charge in [0, 0.05) is 27.1 Å². The number of pyridine rings is 1. The Balaban J connectivity index is 1.85. The summed E-state index contributed by atoms with van der Waals surface area (Å²) in [6.07, 6.45) is 2.06. The van der Waals surface area contributed by atoms with Crippen molar-refractivity contribution in [2.24, 2.45) is 0 Å². The number of thiophene rings is 2. The van der Waals surface area contributed by atoms with E-state index in [1.165, 1.54) is 56.5 Å². The second-order valence-corrected chi connectivity index (χ2v) is 9.30. The number of rotatable bonds is 0. The normalized spacial score (nSPS) is 12.3. The summed E-state index contributed by atoms with van der Waals surface area (Å²) in [6, 6.07) is 26.3. The van der Waals surface area contributed by atoms with Crippen LogP contribution < -0.4 is 0 Å². The van der Waals surface area contributed by atoms with E-state index >= 15 is 0 Å². The monoisotopic (exact) mass is 391 g/mol. The van der Waals surface area contributed by atoms with Crippen LogP contribution in [-0.2, 0) is 0 Å². The Morgan fingerprint density at radius 3 is 2.25 bits per heavy atom. The van der Waals surface area contributed by atoms with E-state index in [1.807, 2.05) is 22.7 Å². The molecule has 0 aliphatic rings. The van der Waals surface area contributed by atoms with Crippen molar-refractivity contribution in [1.29, 1.82) is 0 Å². The van der Waals surface area contributed by atoms with Gasteiger partial charge in [0.2, 0.25) is 0 Å². The maximum absolute atomic E-state index is 4.84. The van der Waals surface area contributed by atoms with Crippen LogP contribution in [0.5, 0.6) is 0 Å². The largest absolute Gasteiger partial charge is 0.255 e. The van der Waals surface area contributed by atoms with Crippen molar-refractivity contribution in [1.82, 2.24) is 4.98 Å². The summed E-state index contributed by atoms with van der Waals surface area (Å²) in [5.74, 6) is 0. The minimum Gasteiger partial charge on any atom is -0.255 e. The van der Waals surface area contributed by atoms with Gasteiger partial charge in [0.25, 0.3) is 0 Å². The Labute approximate surface area is 168 Å². The van der Waals surface area contributed by atoms with Gasteiger partial charge in [-0.3, -0.25) is 4.98 Å². The van der Waals surface area contributed by atoms with Gasteiger partial charge in [-0.2, -0.15) is 0 Å². The summed E-state index contributed by atoms with van der Waals surface area (Å²) in [5, 5.41) is 9.22. The van der Waals surface area contributed by atoms with Crippen LogP contribution in [0, 0.1) is 0 Å². The number of hydrogen-bond acceptors (Lipinski definition) is 3. The lowest BCUT2D eigenvalue weighted by Crippen LogP contribution is -1.84. The van der Waals surface area contributed by atoms with E-state index in [2.05, 4.69) is 79.0 Å². The van der Waals surface area contributed by atoms with Crippen molar-refractivity contribution in [2.45, 2.75) is 0 Å². The first kappa shape index (κ1) is 15.0. The van der Waals surface area contributed by atoms with Crippen LogP contribution in [-0.4, -0.2) is 4.98 Å². The molecule has 130 valence electrons. The Kier molecular flexibility index (Phi) is 2.83. The van der Waals surface area contributed by atoms with Crippen LogP contribution in [0.15, 0.2) is 79.0 Å². The topological polar surface area (TPSA) is 12.9 Å². The maximum atomic E-state index is 4.84. The third-order valence-corrected chi connectivity index (χ3v) is 8.17. The number of aromatic nitrogens is 1. The summed E-state index contributed by atoms with van der Waals surface area (Å²) in [4.78, 5) is 4.84. The van der Waals surface area contributed by atoms with Gasteiger partial charge in [-0.15, -0.1) is 22.7 Å². The summed E-state index contributed by atoms with van der Waals surface area (Å²) >= 11 is 3.78.